The Morgan fingerprint density at radius 2 is 1.96 bits per heavy atom. The zero-order valence-corrected chi connectivity index (χ0v) is 14.5. The molecule has 0 aromatic heterocycles. The number of rotatable bonds is 4. The minimum Gasteiger partial charge on any atom is -0.372 e. The first-order chi connectivity index (χ1) is 11.2. The smallest absolute Gasteiger partial charge is 0.173 e. The fourth-order valence-electron chi connectivity index (χ4n) is 3.02. The summed E-state index contributed by atoms with van der Waals surface area (Å²) >= 11 is 1.79. The standard InChI is InChI=1S/C15H19BO5S2/c1-2-12-13(17-8-11-6-4-3-5-7-11)15(20-14(12)16)9-18-22-21-23-19-10-15/h2-7,12-14H,1,8-10,16H2. The molecule has 1 spiro atoms. The highest BCUT2D eigenvalue weighted by atomic mass is 32.3. The fourth-order valence-corrected chi connectivity index (χ4v) is 3.92. The summed E-state index contributed by atoms with van der Waals surface area (Å²) in [5.74, 6) is 0.0706. The van der Waals surface area contributed by atoms with E-state index in [1.807, 2.05) is 44.3 Å². The molecule has 0 saturated carbocycles. The van der Waals surface area contributed by atoms with Gasteiger partial charge in [-0.3, -0.25) is 8.37 Å². The molecule has 3 rings (SSSR count). The van der Waals surface area contributed by atoms with Crippen LogP contribution >= 0.6 is 24.6 Å². The first-order valence-electron chi connectivity index (χ1n) is 7.45. The second-order valence-electron chi connectivity index (χ2n) is 5.65. The van der Waals surface area contributed by atoms with E-state index in [-0.39, 0.29) is 18.0 Å². The molecule has 124 valence electrons. The first-order valence-corrected chi connectivity index (χ1v) is 8.79. The van der Waals surface area contributed by atoms with Crippen molar-refractivity contribution < 1.29 is 21.5 Å². The van der Waals surface area contributed by atoms with E-state index in [9.17, 15) is 0 Å². The third-order valence-electron chi connectivity index (χ3n) is 4.13. The highest BCUT2D eigenvalue weighted by Crippen LogP contribution is 2.41. The molecule has 23 heavy (non-hydrogen) atoms. The molecular weight excluding hydrogens is 335 g/mol. The maximum absolute atomic E-state index is 6.24. The average molecular weight is 354 g/mol. The van der Waals surface area contributed by atoms with Gasteiger partial charge in [0.05, 0.1) is 25.9 Å². The van der Waals surface area contributed by atoms with Gasteiger partial charge in [0.2, 0.25) is 0 Å². The lowest BCUT2D eigenvalue weighted by molar-refractivity contribution is -0.134. The fraction of sp³-hybridized carbons (Fsp3) is 0.467. The van der Waals surface area contributed by atoms with E-state index in [0.29, 0.717) is 19.8 Å². The molecule has 2 aliphatic rings. The Kier molecular flexibility index (Phi) is 6.09. The molecule has 2 fully saturated rings. The van der Waals surface area contributed by atoms with Crippen molar-refractivity contribution in [2.45, 2.75) is 24.3 Å². The van der Waals surface area contributed by atoms with E-state index in [0.717, 1.165) is 30.2 Å². The second kappa shape index (κ2) is 8.07. The lowest BCUT2D eigenvalue weighted by Crippen LogP contribution is -2.50. The van der Waals surface area contributed by atoms with Crippen LogP contribution < -0.4 is 0 Å². The van der Waals surface area contributed by atoms with Crippen molar-refractivity contribution in [3.8, 4) is 0 Å². The summed E-state index contributed by atoms with van der Waals surface area (Å²) in [6.45, 7) is 5.10. The van der Waals surface area contributed by atoms with Crippen LogP contribution in [-0.2, 0) is 28.1 Å². The number of benzene rings is 1. The van der Waals surface area contributed by atoms with Crippen LogP contribution in [-0.4, -0.2) is 38.8 Å². The van der Waals surface area contributed by atoms with Gasteiger partial charge in [0, 0.05) is 11.9 Å². The molecule has 0 aliphatic carbocycles. The predicted molar refractivity (Wildman–Crippen MR) is 93.0 cm³/mol. The Bertz CT molecular complexity index is 510. The van der Waals surface area contributed by atoms with Crippen LogP contribution in [0.3, 0.4) is 0 Å². The summed E-state index contributed by atoms with van der Waals surface area (Å²) < 4.78 is 28.4. The van der Waals surface area contributed by atoms with E-state index in [1.54, 1.807) is 0 Å². The molecule has 0 radical (unpaired) electrons. The number of hydrogen-bond acceptors (Lipinski definition) is 7. The van der Waals surface area contributed by atoms with Gasteiger partial charge in [0.25, 0.3) is 0 Å². The Morgan fingerprint density at radius 3 is 2.61 bits per heavy atom. The summed E-state index contributed by atoms with van der Waals surface area (Å²) in [6.07, 6.45) is 1.69. The maximum atomic E-state index is 6.24. The van der Waals surface area contributed by atoms with Crippen LogP contribution in [0.15, 0.2) is 43.0 Å². The molecule has 3 atom stereocenters. The summed E-state index contributed by atoms with van der Waals surface area (Å²) in [6, 6.07) is 10.1. The maximum Gasteiger partial charge on any atom is 0.173 e. The molecule has 0 N–H and O–H groups in total. The van der Waals surface area contributed by atoms with Crippen LogP contribution in [0.5, 0.6) is 0 Å². The Hall–Kier alpha value is -0.475. The van der Waals surface area contributed by atoms with Gasteiger partial charge in [0.1, 0.15) is 13.4 Å². The average Bonchev–Trinajstić information content (AvgIpc) is 2.82. The zero-order chi connectivity index (χ0) is 16.1. The minimum absolute atomic E-state index is 0.0178. The van der Waals surface area contributed by atoms with Crippen molar-refractivity contribution in [1.82, 2.24) is 0 Å². The van der Waals surface area contributed by atoms with Crippen molar-refractivity contribution in [2.24, 2.45) is 5.92 Å². The Labute approximate surface area is 146 Å². The molecule has 5 nitrogen and oxygen atoms in total. The molecule has 2 heterocycles. The molecule has 1 aromatic carbocycles. The van der Waals surface area contributed by atoms with Crippen molar-refractivity contribution in [1.29, 1.82) is 0 Å². The molecular formula is C15H19BO5S2. The number of ether oxygens (including phenoxy) is 2. The van der Waals surface area contributed by atoms with Crippen LogP contribution in [0, 0.1) is 5.92 Å². The Balaban J connectivity index is 1.77. The van der Waals surface area contributed by atoms with Gasteiger partial charge in [-0.05, 0) is 5.56 Å². The van der Waals surface area contributed by atoms with E-state index in [1.165, 1.54) is 0 Å². The Morgan fingerprint density at radius 1 is 1.26 bits per heavy atom. The van der Waals surface area contributed by atoms with Gasteiger partial charge < -0.3 is 9.47 Å². The van der Waals surface area contributed by atoms with Crippen molar-refractivity contribution in [3.05, 3.63) is 48.6 Å². The monoisotopic (exact) mass is 354 g/mol. The van der Waals surface area contributed by atoms with Crippen molar-refractivity contribution in [2.75, 3.05) is 13.2 Å². The van der Waals surface area contributed by atoms with E-state index < -0.39 is 5.60 Å². The normalized spacial score (nSPS) is 30.7. The third-order valence-corrected chi connectivity index (χ3v) is 5.01. The molecule has 0 bridgehead atoms. The van der Waals surface area contributed by atoms with E-state index >= 15 is 0 Å². The van der Waals surface area contributed by atoms with Crippen LogP contribution in [0.1, 0.15) is 5.56 Å². The number of hydrogen-bond donors (Lipinski definition) is 0. The molecule has 0 amide bonds. The largest absolute Gasteiger partial charge is 0.372 e. The molecule has 3 unspecified atom stereocenters. The molecule has 8 heteroatoms. The third kappa shape index (κ3) is 3.96. The van der Waals surface area contributed by atoms with Crippen molar-refractivity contribution in [3.63, 3.8) is 0 Å². The van der Waals surface area contributed by atoms with Gasteiger partial charge in [-0.25, -0.2) is 0 Å². The summed E-state index contributed by atoms with van der Waals surface area (Å²) in [7, 11) is 2.02. The first kappa shape index (κ1) is 17.4. The topological polar surface area (TPSA) is 46.2 Å². The second-order valence-corrected chi connectivity index (χ2v) is 6.93. The van der Waals surface area contributed by atoms with Gasteiger partial charge in [-0.2, -0.15) is 3.63 Å². The van der Waals surface area contributed by atoms with Crippen LogP contribution in [0.4, 0.5) is 0 Å². The van der Waals surface area contributed by atoms with E-state index in [2.05, 4.69) is 6.58 Å². The lowest BCUT2D eigenvalue weighted by atomic mass is 9.82. The van der Waals surface area contributed by atoms with Gasteiger partial charge >= 0.3 is 0 Å². The van der Waals surface area contributed by atoms with Gasteiger partial charge in [-0.1, -0.05) is 36.4 Å². The SMILES string of the molecule is BC1OC2(COSOSOC2)C(OCc2ccccc2)C1C=C. The minimum atomic E-state index is -0.670. The molecule has 1 aromatic rings. The molecule has 2 saturated heterocycles. The van der Waals surface area contributed by atoms with Crippen LogP contribution in [0.2, 0.25) is 0 Å². The summed E-state index contributed by atoms with van der Waals surface area (Å²) in [4.78, 5) is 0. The van der Waals surface area contributed by atoms with Crippen LogP contribution in [0.25, 0.3) is 0 Å². The predicted octanol–water partition coefficient (Wildman–Crippen LogP) is 2.29. The van der Waals surface area contributed by atoms with Gasteiger partial charge in [0.15, 0.2) is 24.6 Å². The summed E-state index contributed by atoms with van der Waals surface area (Å²) in [5.41, 5.74) is 0.446. The van der Waals surface area contributed by atoms with Gasteiger partial charge in [-0.15, -0.1) is 6.58 Å². The quantitative estimate of drug-likeness (QED) is 0.467. The molecule has 2 aliphatic heterocycles. The highest BCUT2D eigenvalue weighted by molar-refractivity contribution is 8.03. The van der Waals surface area contributed by atoms with E-state index in [4.69, 9.17) is 21.5 Å². The highest BCUT2D eigenvalue weighted by Gasteiger charge is 2.54. The van der Waals surface area contributed by atoms with Crippen molar-refractivity contribution >= 4 is 32.5 Å². The zero-order valence-electron chi connectivity index (χ0n) is 12.9. The summed E-state index contributed by atoms with van der Waals surface area (Å²) in [5, 5.41) is 0. The lowest BCUT2D eigenvalue weighted by Gasteiger charge is -2.34.